The molecule has 4 nitrogen and oxygen atoms in total. The molecule has 1 aromatic carbocycles. The SMILES string of the molecule is COC[C@H]1CCCN(C(=O)c2ccc(F)cc2OC(F)F)C1. The molecule has 0 spiro atoms. The number of rotatable bonds is 5. The number of methoxy groups -OCH3 is 1. The monoisotopic (exact) mass is 317 g/mol. The van der Waals surface area contributed by atoms with E-state index in [1.165, 1.54) is 6.07 Å². The maximum Gasteiger partial charge on any atom is 0.387 e. The summed E-state index contributed by atoms with van der Waals surface area (Å²) in [5, 5.41) is 0. The van der Waals surface area contributed by atoms with Crippen LogP contribution in [0.1, 0.15) is 23.2 Å². The quantitative estimate of drug-likeness (QED) is 0.838. The number of halogens is 3. The molecule has 1 aliphatic rings. The van der Waals surface area contributed by atoms with Crippen LogP contribution in [0.15, 0.2) is 18.2 Å². The zero-order valence-corrected chi connectivity index (χ0v) is 12.2. The Kier molecular flexibility index (Phi) is 5.65. The third-order valence-corrected chi connectivity index (χ3v) is 3.60. The summed E-state index contributed by atoms with van der Waals surface area (Å²) in [6.45, 7) is -1.56. The molecule has 122 valence electrons. The number of piperidine rings is 1. The maximum absolute atomic E-state index is 13.2. The van der Waals surface area contributed by atoms with Gasteiger partial charge in [-0.05, 0) is 30.9 Å². The molecule has 0 bridgehead atoms. The third-order valence-electron chi connectivity index (χ3n) is 3.60. The number of carbonyl (C=O) groups is 1. The summed E-state index contributed by atoms with van der Waals surface area (Å²) in [6.07, 6.45) is 1.76. The van der Waals surface area contributed by atoms with E-state index in [9.17, 15) is 18.0 Å². The molecule has 0 radical (unpaired) electrons. The normalized spacial score (nSPS) is 18.6. The van der Waals surface area contributed by atoms with Crippen molar-refractivity contribution in [2.45, 2.75) is 19.5 Å². The van der Waals surface area contributed by atoms with Gasteiger partial charge in [-0.1, -0.05) is 0 Å². The fraction of sp³-hybridized carbons (Fsp3) is 0.533. The Morgan fingerprint density at radius 2 is 2.23 bits per heavy atom. The van der Waals surface area contributed by atoms with Crippen LogP contribution in [0.25, 0.3) is 0 Å². The molecule has 1 heterocycles. The first-order valence-corrected chi connectivity index (χ1v) is 7.04. The van der Waals surface area contributed by atoms with Crippen molar-refractivity contribution >= 4 is 5.91 Å². The maximum atomic E-state index is 13.2. The van der Waals surface area contributed by atoms with Crippen molar-refractivity contribution in [3.63, 3.8) is 0 Å². The van der Waals surface area contributed by atoms with Crippen LogP contribution in [-0.4, -0.2) is 44.2 Å². The highest BCUT2D eigenvalue weighted by Crippen LogP contribution is 2.26. The first kappa shape index (κ1) is 16.6. The lowest BCUT2D eigenvalue weighted by Crippen LogP contribution is -2.41. The van der Waals surface area contributed by atoms with Crippen LogP contribution in [-0.2, 0) is 4.74 Å². The molecular weight excluding hydrogens is 299 g/mol. The van der Waals surface area contributed by atoms with E-state index < -0.39 is 24.1 Å². The molecule has 0 N–H and O–H groups in total. The van der Waals surface area contributed by atoms with E-state index in [1.807, 2.05) is 0 Å². The second-order valence-electron chi connectivity index (χ2n) is 5.23. The highest BCUT2D eigenvalue weighted by Gasteiger charge is 2.27. The van der Waals surface area contributed by atoms with E-state index in [4.69, 9.17) is 4.74 Å². The van der Waals surface area contributed by atoms with Gasteiger partial charge in [-0.2, -0.15) is 8.78 Å². The largest absolute Gasteiger partial charge is 0.434 e. The van der Waals surface area contributed by atoms with Crippen LogP contribution in [0.2, 0.25) is 0 Å². The molecule has 0 saturated carbocycles. The molecule has 7 heteroatoms. The van der Waals surface area contributed by atoms with Crippen molar-refractivity contribution in [3.05, 3.63) is 29.6 Å². The fourth-order valence-electron chi connectivity index (χ4n) is 2.66. The van der Waals surface area contributed by atoms with Crippen molar-refractivity contribution in [2.24, 2.45) is 5.92 Å². The van der Waals surface area contributed by atoms with Gasteiger partial charge < -0.3 is 14.4 Å². The van der Waals surface area contributed by atoms with E-state index in [0.29, 0.717) is 19.7 Å². The summed E-state index contributed by atoms with van der Waals surface area (Å²) in [4.78, 5) is 14.1. The number of ether oxygens (including phenoxy) is 2. The molecule has 0 aromatic heterocycles. The van der Waals surface area contributed by atoms with Crippen molar-refractivity contribution in [3.8, 4) is 5.75 Å². The average Bonchev–Trinajstić information content (AvgIpc) is 2.47. The van der Waals surface area contributed by atoms with Crippen LogP contribution in [0, 0.1) is 11.7 Å². The standard InChI is InChI=1S/C15H18F3NO3/c1-21-9-10-3-2-6-19(8-10)14(20)12-5-4-11(16)7-13(12)22-15(17)18/h4-5,7,10,15H,2-3,6,8-9H2,1H3/t10-/m0/s1. The Labute approximate surface area is 126 Å². The molecule has 1 amide bonds. The number of hydrogen-bond acceptors (Lipinski definition) is 3. The highest BCUT2D eigenvalue weighted by atomic mass is 19.3. The highest BCUT2D eigenvalue weighted by molar-refractivity contribution is 5.97. The predicted molar refractivity (Wildman–Crippen MR) is 73.5 cm³/mol. The molecule has 1 aromatic rings. The molecule has 0 aliphatic carbocycles. The van der Waals surface area contributed by atoms with Crippen molar-refractivity contribution < 1.29 is 27.4 Å². The lowest BCUT2D eigenvalue weighted by molar-refractivity contribution is -0.0504. The van der Waals surface area contributed by atoms with Crippen molar-refractivity contribution in [1.82, 2.24) is 4.90 Å². The molecule has 1 aliphatic heterocycles. The minimum atomic E-state index is -3.11. The lowest BCUT2D eigenvalue weighted by Gasteiger charge is -2.32. The summed E-state index contributed by atoms with van der Waals surface area (Å²) in [6, 6.07) is 3.04. The Morgan fingerprint density at radius 1 is 1.45 bits per heavy atom. The first-order valence-electron chi connectivity index (χ1n) is 7.04. The summed E-state index contributed by atoms with van der Waals surface area (Å²) >= 11 is 0. The smallest absolute Gasteiger partial charge is 0.387 e. The Bertz CT molecular complexity index is 523. The Hall–Kier alpha value is -1.76. The van der Waals surface area contributed by atoms with E-state index >= 15 is 0 Å². The Balaban J connectivity index is 2.17. The average molecular weight is 317 g/mol. The molecule has 2 rings (SSSR count). The molecular formula is C15H18F3NO3. The van der Waals surface area contributed by atoms with Crippen LogP contribution >= 0.6 is 0 Å². The zero-order chi connectivity index (χ0) is 16.1. The van der Waals surface area contributed by atoms with Gasteiger partial charge in [0, 0.05) is 26.3 Å². The van der Waals surface area contributed by atoms with Gasteiger partial charge in [0.15, 0.2) is 0 Å². The van der Waals surface area contributed by atoms with Gasteiger partial charge in [0.25, 0.3) is 5.91 Å². The summed E-state index contributed by atoms with van der Waals surface area (Å²) in [5.41, 5.74) is -0.0558. The number of carbonyl (C=O) groups excluding carboxylic acids is 1. The van der Waals surface area contributed by atoms with E-state index in [2.05, 4.69) is 4.74 Å². The van der Waals surface area contributed by atoms with Crippen LogP contribution in [0.5, 0.6) is 5.75 Å². The topological polar surface area (TPSA) is 38.8 Å². The second kappa shape index (κ2) is 7.49. The number of alkyl halides is 2. The van der Waals surface area contributed by atoms with Gasteiger partial charge in [-0.15, -0.1) is 0 Å². The predicted octanol–water partition coefficient (Wildman–Crippen LogP) is 2.93. The molecule has 0 unspecified atom stereocenters. The van der Waals surface area contributed by atoms with Crippen molar-refractivity contribution in [1.29, 1.82) is 0 Å². The van der Waals surface area contributed by atoms with E-state index in [0.717, 1.165) is 25.0 Å². The minimum absolute atomic E-state index is 0.0558. The van der Waals surface area contributed by atoms with Gasteiger partial charge in [0.05, 0.1) is 12.2 Å². The molecule has 1 fully saturated rings. The molecule has 1 saturated heterocycles. The number of benzene rings is 1. The molecule has 1 atom stereocenters. The van der Waals surface area contributed by atoms with E-state index in [-0.39, 0.29) is 11.5 Å². The van der Waals surface area contributed by atoms with Crippen molar-refractivity contribution in [2.75, 3.05) is 26.8 Å². The summed E-state index contributed by atoms with van der Waals surface area (Å²) < 4.78 is 47.4. The molecule has 22 heavy (non-hydrogen) atoms. The number of likely N-dealkylation sites (tertiary alicyclic amines) is 1. The summed E-state index contributed by atoms with van der Waals surface area (Å²) in [5.74, 6) is -1.39. The summed E-state index contributed by atoms with van der Waals surface area (Å²) in [7, 11) is 1.59. The van der Waals surface area contributed by atoms with Gasteiger partial charge in [0.2, 0.25) is 0 Å². The van der Waals surface area contributed by atoms with E-state index in [1.54, 1.807) is 12.0 Å². The zero-order valence-electron chi connectivity index (χ0n) is 12.2. The van der Waals surface area contributed by atoms with Crippen LogP contribution in [0.3, 0.4) is 0 Å². The Morgan fingerprint density at radius 3 is 2.91 bits per heavy atom. The number of amides is 1. The van der Waals surface area contributed by atoms with Crippen LogP contribution < -0.4 is 4.74 Å². The first-order chi connectivity index (χ1) is 10.5. The lowest BCUT2D eigenvalue weighted by atomic mass is 9.98. The minimum Gasteiger partial charge on any atom is -0.434 e. The van der Waals surface area contributed by atoms with Gasteiger partial charge >= 0.3 is 6.61 Å². The van der Waals surface area contributed by atoms with Gasteiger partial charge in [-0.3, -0.25) is 4.79 Å². The third kappa shape index (κ3) is 4.13. The number of nitrogens with zero attached hydrogens (tertiary/aromatic N) is 1. The second-order valence-corrected chi connectivity index (χ2v) is 5.23. The number of hydrogen-bond donors (Lipinski definition) is 0. The van der Waals surface area contributed by atoms with Gasteiger partial charge in [-0.25, -0.2) is 4.39 Å². The van der Waals surface area contributed by atoms with Crippen LogP contribution in [0.4, 0.5) is 13.2 Å². The fourth-order valence-corrected chi connectivity index (χ4v) is 2.66. The van der Waals surface area contributed by atoms with Gasteiger partial charge in [0.1, 0.15) is 11.6 Å².